The SMILES string of the molecule is Brc1cccc2c(NCC3CCOCC3)cccc12. The van der Waals surface area contributed by atoms with E-state index in [2.05, 4.69) is 57.6 Å². The number of hydrogen-bond acceptors (Lipinski definition) is 2. The van der Waals surface area contributed by atoms with Crippen LogP contribution in [-0.2, 0) is 4.74 Å². The van der Waals surface area contributed by atoms with Crippen LogP contribution in [0, 0.1) is 5.92 Å². The molecule has 19 heavy (non-hydrogen) atoms. The zero-order chi connectivity index (χ0) is 13.1. The summed E-state index contributed by atoms with van der Waals surface area (Å²) < 4.78 is 6.56. The molecule has 1 aliphatic heterocycles. The first-order valence-electron chi connectivity index (χ1n) is 6.83. The van der Waals surface area contributed by atoms with E-state index in [9.17, 15) is 0 Å². The van der Waals surface area contributed by atoms with Gasteiger partial charge in [-0.15, -0.1) is 0 Å². The van der Waals surface area contributed by atoms with Crippen molar-refractivity contribution in [2.45, 2.75) is 12.8 Å². The van der Waals surface area contributed by atoms with E-state index in [4.69, 9.17) is 4.74 Å². The van der Waals surface area contributed by atoms with Gasteiger partial charge in [-0.1, -0.05) is 40.2 Å². The Balaban J connectivity index is 1.79. The second-order valence-electron chi connectivity index (χ2n) is 5.08. The Kier molecular flexibility index (Phi) is 4.04. The Hall–Kier alpha value is -1.06. The molecule has 2 aromatic carbocycles. The fourth-order valence-electron chi connectivity index (χ4n) is 2.63. The Morgan fingerprint density at radius 2 is 1.79 bits per heavy atom. The number of benzene rings is 2. The third-order valence-corrected chi connectivity index (χ3v) is 4.48. The molecule has 2 aromatic rings. The van der Waals surface area contributed by atoms with Gasteiger partial charge in [0.1, 0.15) is 0 Å². The van der Waals surface area contributed by atoms with Crippen molar-refractivity contribution in [3.63, 3.8) is 0 Å². The monoisotopic (exact) mass is 319 g/mol. The van der Waals surface area contributed by atoms with Crippen LogP contribution in [0.2, 0.25) is 0 Å². The molecule has 100 valence electrons. The maximum Gasteiger partial charge on any atom is 0.0469 e. The average molecular weight is 320 g/mol. The van der Waals surface area contributed by atoms with Crippen molar-refractivity contribution in [1.29, 1.82) is 0 Å². The van der Waals surface area contributed by atoms with E-state index in [0.29, 0.717) is 0 Å². The highest BCUT2D eigenvalue weighted by Crippen LogP contribution is 2.29. The first-order valence-corrected chi connectivity index (χ1v) is 7.63. The van der Waals surface area contributed by atoms with Gasteiger partial charge in [-0.2, -0.15) is 0 Å². The van der Waals surface area contributed by atoms with Crippen LogP contribution in [0.4, 0.5) is 5.69 Å². The van der Waals surface area contributed by atoms with Gasteiger partial charge in [0.2, 0.25) is 0 Å². The van der Waals surface area contributed by atoms with Crippen LogP contribution < -0.4 is 5.32 Å². The summed E-state index contributed by atoms with van der Waals surface area (Å²) in [6, 6.07) is 12.8. The third-order valence-electron chi connectivity index (χ3n) is 3.79. The van der Waals surface area contributed by atoms with Gasteiger partial charge in [-0.05, 0) is 36.3 Å². The molecule has 1 fully saturated rings. The van der Waals surface area contributed by atoms with Crippen LogP contribution in [0.3, 0.4) is 0 Å². The van der Waals surface area contributed by atoms with Gasteiger partial charge in [0.15, 0.2) is 0 Å². The normalized spacial score (nSPS) is 16.7. The van der Waals surface area contributed by atoms with Crippen LogP contribution in [0.5, 0.6) is 0 Å². The Morgan fingerprint density at radius 3 is 2.63 bits per heavy atom. The highest BCUT2D eigenvalue weighted by Gasteiger charge is 2.13. The molecule has 1 aliphatic rings. The lowest BCUT2D eigenvalue weighted by atomic mass is 10.00. The molecule has 1 saturated heterocycles. The molecule has 2 nitrogen and oxygen atoms in total. The summed E-state index contributed by atoms with van der Waals surface area (Å²) >= 11 is 3.61. The Morgan fingerprint density at radius 1 is 1.05 bits per heavy atom. The minimum atomic E-state index is 0.733. The molecular weight excluding hydrogens is 302 g/mol. The third kappa shape index (κ3) is 2.93. The van der Waals surface area contributed by atoms with Gasteiger partial charge >= 0.3 is 0 Å². The minimum absolute atomic E-state index is 0.733. The van der Waals surface area contributed by atoms with E-state index < -0.39 is 0 Å². The topological polar surface area (TPSA) is 21.3 Å². The molecule has 0 aromatic heterocycles. The maximum atomic E-state index is 5.40. The van der Waals surface area contributed by atoms with Gasteiger partial charge in [-0.3, -0.25) is 0 Å². The van der Waals surface area contributed by atoms with Crippen molar-refractivity contribution in [2.75, 3.05) is 25.1 Å². The highest BCUT2D eigenvalue weighted by molar-refractivity contribution is 9.10. The first kappa shape index (κ1) is 12.9. The average Bonchev–Trinajstić information content (AvgIpc) is 2.47. The van der Waals surface area contributed by atoms with Crippen LogP contribution in [0.25, 0.3) is 10.8 Å². The largest absolute Gasteiger partial charge is 0.384 e. The molecule has 1 heterocycles. The number of anilines is 1. The van der Waals surface area contributed by atoms with E-state index in [1.165, 1.54) is 29.3 Å². The van der Waals surface area contributed by atoms with Crippen molar-refractivity contribution in [3.05, 3.63) is 40.9 Å². The summed E-state index contributed by atoms with van der Waals surface area (Å²) in [5, 5.41) is 6.15. The zero-order valence-electron chi connectivity index (χ0n) is 10.9. The lowest BCUT2D eigenvalue weighted by Crippen LogP contribution is -2.22. The van der Waals surface area contributed by atoms with E-state index in [-0.39, 0.29) is 0 Å². The van der Waals surface area contributed by atoms with Crippen molar-refractivity contribution in [2.24, 2.45) is 5.92 Å². The molecule has 0 saturated carbocycles. The zero-order valence-corrected chi connectivity index (χ0v) is 12.4. The minimum Gasteiger partial charge on any atom is -0.384 e. The molecule has 0 atom stereocenters. The maximum absolute atomic E-state index is 5.40. The van der Waals surface area contributed by atoms with Gasteiger partial charge in [0.25, 0.3) is 0 Å². The predicted molar refractivity (Wildman–Crippen MR) is 83.7 cm³/mol. The predicted octanol–water partition coefficient (Wildman–Crippen LogP) is 4.44. The van der Waals surface area contributed by atoms with E-state index >= 15 is 0 Å². The van der Waals surface area contributed by atoms with Crippen LogP contribution in [0.15, 0.2) is 40.9 Å². The summed E-state index contributed by atoms with van der Waals surface area (Å²) in [7, 11) is 0. The number of halogens is 1. The molecule has 0 spiro atoms. The second kappa shape index (κ2) is 5.93. The number of ether oxygens (including phenoxy) is 1. The summed E-state index contributed by atoms with van der Waals surface area (Å²) in [5.74, 6) is 0.733. The summed E-state index contributed by atoms with van der Waals surface area (Å²) in [4.78, 5) is 0. The van der Waals surface area contributed by atoms with Crippen molar-refractivity contribution in [1.82, 2.24) is 0 Å². The summed E-state index contributed by atoms with van der Waals surface area (Å²) in [6.07, 6.45) is 2.34. The quantitative estimate of drug-likeness (QED) is 0.903. The van der Waals surface area contributed by atoms with Crippen molar-refractivity contribution in [3.8, 4) is 0 Å². The first-order chi connectivity index (χ1) is 9.34. The van der Waals surface area contributed by atoms with Gasteiger partial charge in [0.05, 0.1) is 0 Å². The van der Waals surface area contributed by atoms with E-state index in [1.807, 2.05) is 0 Å². The van der Waals surface area contributed by atoms with E-state index in [1.54, 1.807) is 0 Å². The van der Waals surface area contributed by atoms with Crippen molar-refractivity contribution >= 4 is 32.4 Å². The van der Waals surface area contributed by atoms with Crippen LogP contribution in [0.1, 0.15) is 12.8 Å². The molecule has 3 heteroatoms. The molecule has 1 N–H and O–H groups in total. The van der Waals surface area contributed by atoms with E-state index in [0.717, 1.165) is 30.1 Å². The van der Waals surface area contributed by atoms with Crippen LogP contribution >= 0.6 is 15.9 Å². The molecule has 3 rings (SSSR count). The number of hydrogen-bond donors (Lipinski definition) is 1. The van der Waals surface area contributed by atoms with Gasteiger partial charge in [0, 0.05) is 35.3 Å². The molecule has 0 aliphatic carbocycles. The second-order valence-corrected chi connectivity index (χ2v) is 5.93. The summed E-state index contributed by atoms with van der Waals surface area (Å²) in [5.41, 5.74) is 1.23. The lowest BCUT2D eigenvalue weighted by Gasteiger charge is -2.23. The molecule has 0 amide bonds. The lowest BCUT2D eigenvalue weighted by molar-refractivity contribution is 0.0699. The molecule has 0 unspecified atom stereocenters. The summed E-state index contributed by atoms with van der Waals surface area (Å²) in [6.45, 7) is 2.86. The van der Waals surface area contributed by atoms with Gasteiger partial charge < -0.3 is 10.1 Å². The number of rotatable bonds is 3. The number of nitrogens with one attached hydrogen (secondary N) is 1. The number of fused-ring (bicyclic) bond motifs is 1. The smallest absolute Gasteiger partial charge is 0.0469 e. The van der Waals surface area contributed by atoms with Crippen LogP contribution in [-0.4, -0.2) is 19.8 Å². The molecular formula is C16H18BrNO. The van der Waals surface area contributed by atoms with Crippen molar-refractivity contribution < 1.29 is 4.74 Å². The van der Waals surface area contributed by atoms with Gasteiger partial charge in [-0.25, -0.2) is 0 Å². The molecule has 0 radical (unpaired) electrons. The Labute approximate surface area is 122 Å². The fraction of sp³-hybridized carbons (Fsp3) is 0.375. The molecule has 0 bridgehead atoms. The Bertz CT molecular complexity index is 564. The fourth-order valence-corrected chi connectivity index (χ4v) is 3.13. The highest BCUT2D eigenvalue weighted by atomic mass is 79.9. The standard InChI is InChI=1S/C16H18BrNO/c17-15-5-1-4-14-13(15)3-2-6-16(14)18-11-12-7-9-19-10-8-12/h1-6,12,18H,7-11H2.